The maximum atomic E-state index is 11.5. The van der Waals surface area contributed by atoms with Crippen molar-refractivity contribution < 1.29 is 4.79 Å². The highest BCUT2D eigenvalue weighted by atomic mass is 32.2. The minimum atomic E-state index is -0.180. The van der Waals surface area contributed by atoms with Crippen LogP contribution in [-0.2, 0) is 0 Å². The summed E-state index contributed by atoms with van der Waals surface area (Å²) in [6.45, 7) is 3.38. The molecule has 1 aromatic rings. The average Bonchev–Trinajstić information content (AvgIpc) is 2.39. The minimum Gasteiger partial charge on any atom is -0.367 e. The molecule has 1 fully saturated rings. The number of aromatic nitrogens is 2. The van der Waals surface area contributed by atoms with Gasteiger partial charge >= 0.3 is 0 Å². The number of carbonyl (C=O) groups excluding carboxylic acids is 1. The van der Waals surface area contributed by atoms with Gasteiger partial charge in [-0.3, -0.25) is 4.79 Å². The Morgan fingerprint density at radius 1 is 1.42 bits per heavy atom. The first kappa shape index (κ1) is 14.1. The Balaban J connectivity index is 1.90. The maximum absolute atomic E-state index is 11.5. The first-order valence-corrected chi connectivity index (χ1v) is 7.82. The van der Waals surface area contributed by atoms with Crippen LogP contribution in [0, 0.1) is 0 Å². The summed E-state index contributed by atoms with van der Waals surface area (Å²) in [7, 11) is 0. The predicted molar refractivity (Wildman–Crippen MR) is 78.6 cm³/mol. The zero-order valence-electron chi connectivity index (χ0n) is 11.4. The third-order valence-electron chi connectivity index (χ3n) is 3.52. The van der Waals surface area contributed by atoms with Crippen molar-refractivity contribution in [2.75, 3.05) is 24.7 Å². The van der Waals surface area contributed by atoms with Crippen LogP contribution < -0.4 is 10.6 Å². The van der Waals surface area contributed by atoms with E-state index in [1.54, 1.807) is 6.07 Å². The Bertz CT molecular complexity index is 425. The largest absolute Gasteiger partial charge is 0.367 e. The molecule has 1 amide bonds. The standard InChI is InChI=1S/C13H20N4OS/c1-3-14-12(18)10-5-6-11(17-16-10)15-9-13(19-2)7-4-8-13/h5-6H,3-4,7-9H2,1-2H3,(H,14,18)(H,15,17). The molecule has 0 aliphatic heterocycles. The van der Waals surface area contributed by atoms with Gasteiger partial charge in [0.1, 0.15) is 5.82 Å². The van der Waals surface area contributed by atoms with E-state index in [2.05, 4.69) is 27.1 Å². The molecule has 0 saturated heterocycles. The second kappa shape index (κ2) is 6.23. The van der Waals surface area contributed by atoms with Gasteiger partial charge in [0.05, 0.1) is 0 Å². The molecule has 0 bridgehead atoms. The van der Waals surface area contributed by atoms with Gasteiger partial charge in [-0.15, -0.1) is 10.2 Å². The van der Waals surface area contributed by atoms with Gasteiger partial charge in [-0.1, -0.05) is 6.42 Å². The molecule has 2 rings (SSSR count). The zero-order chi connectivity index (χ0) is 13.7. The van der Waals surface area contributed by atoms with Crippen molar-refractivity contribution in [2.24, 2.45) is 0 Å². The highest BCUT2D eigenvalue weighted by Crippen LogP contribution is 2.42. The lowest BCUT2D eigenvalue weighted by molar-refractivity contribution is 0.0950. The van der Waals surface area contributed by atoms with Gasteiger partial charge in [0.2, 0.25) is 0 Å². The van der Waals surface area contributed by atoms with Gasteiger partial charge in [-0.05, 0) is 38.2 Å². The van der Waals surface area contributed by atoms with Gasteiger partial charge in [0.15, 0.2) is 5.69 Å². The fourth-order valence-corrected chi connectivity index (χ4v) is 2.99. The summed E-state index contributed by atoms with van der Waals surface area (Å²) in [5.41, 5.74) is 0.357. The second-order valence-corrected chi connectivity index (χ2v) is 6.03. The van der Waals surface area contributed by atoms with Crippen molar-refractivity contribution >= 4 is 23.5 Å². The van der Waals surface area contributed by atoms with Crippen LogP contribution in [0.1, 0.15) is 36.7 Å². The fourth-order valence-electron chi connectivity index (χ4n) is 2.07. The molecule has 6 heteroatoms. The molecular formula is C13H20N4OS. The fraction of sp³-hybridized carbons (Fsp3) is 0.615. The summed E-state index contributed by atoms with van der Waals surface area (Å²) in [6, 6.07) is 3.51. The van der Waals surface area contributed by atoms with Crippen LogP contribution in [0.5, 0.6) is 0 Å². The van der Waals surface area contributed by atoms with Crippen LogP contribution in [0.2, 0.25) is 0 Å². The molecule has 0 spiro atoms. The molecule has 2 N–H and O–H groups in total. The van der Waals surface area contributed by atoms with Crippen molar-refractivity contribution in [1.82, 2.24) is 15.5 Å². The van der Waals surface area contributed by atoms with E-state index >= 15 is 0 Å². The van der Waals surface area contributed by atoms with Crippen LogP contribution >= 0.6 is 11.8 Å². The molecule has 1 saturated carbocycles. The molecule has 1 aliphatic rings. The first-order chi connectivity index (χ1) is 9.19. The normalized spacial score (nSPS) is 16.5. The molecule has 0 radical (unpaired) electrons. The number of thioether (sulfide) groups is 1. The number of rotatable bonds is 6. The molecule has 0 aromatic carbocycles. The lowest BCUT2D eigenvalue weighted by Crippen LogP contribution is -2.40. The smallest absolute Gasteiger partial charge is 0.271 e. The summed E-state index contributed by atoms with van der Waals surface area (Å²) in [5, 5.41) is 14.0. The SMILES string of the molecule is CCNC(=O)c1ccc(NCC2(SC)CCC2)nn1. The van der Waals surface area contributed by atoms with E-state index in [1.807, 2.05) is 24.8 Å². The van der Waals surface area contributed by atoms with E-state index in [1.165, 1.54) is 19.3 Å². The number of hydrogen-bond donors (Lipinski definition) is 2. The van der Waals surface area contributed by atoms with E-state index in [4.69, 9.17) is 0 Å². The van der Waals surface area contributed by atoms with Crippen LogP contribution in [0.3, 0.4) is 0 Å². The molecular weight excluding hydrogens is 260 g/mol. The number of nitrogens with one attached hydrogen (secondary N) is 2. The summed E-state index contributed by atoms with van der Waals surface area (Å²) in [5.74, 6) is 0.550. The van der Waals surface area contributed by atoms with Crippen molar-refractivity contribution in [3.63, 3.8) is 0 Å². The summed E-state index contributed by atoms with van der Waals surface area (Å²) in [4.78, 5) is 11.5. The molecule has 19 heavy (non-hydrogen) atoms. The monoisotopic (exact) mass is 280 g/mol. The van der Waals surface area contributed by atoms with E-state index in [0.29, 0.717) is 17.0 Å². The third kappa shape index (κ3) is 3.37. The highest BCUT2D eigenvalue weighted by molar-refractivity contribution is 8.00. The number of anilines is 1. The van der Waals surface area contributed by atoms with E-state index in [-0.39, 0.29) is 5.91 Å². The number of amides is 1. The van der Waals surface area contributed by atoms with Crippen molar-refractivity contribution in [3.8, 4) is 0 Å². The highest BCUT2D eigenvalue weighted by Gasteiger charge is 2.35. The molecule has 1 aliphatic carbocycles. The van der Waals surface area contributed by atoms with Crippen LogP contribution in [0.25, 0.3) is 0 Å². The van der Waals surface area contributed by atoms with E-state index in [0.717, 1.165) is 12.4 Å². The molecule has 0 unspecified atom stereocenters. The lowest BCUT2D eigenvalue weighted by Gasteiger charge is -2.40. The molecule has 104 valence electrons. The Kier molecular flexibility index (Phi) is 4.63. The van der Waals surface area contributed by atoms with E-state index < -0.39 is 0 Å². The zero-order valence-corrected chi connectivity index (χ0v) is 12.2. The predicted octanol–water partition coefficient (Wildman–Crippen LogP) is 1.92. The van der Waals surface area contributed by atoms with E-state index in [9.17, 15) is 4.79 Å². The van der Waals surface area contributed by atoms with Gasteiger partial charge in [0.25, 0.3) is 5.91 Å². The minimum absolute atomic E-state index is 0.180. The number of hydrogen-bond acceptors (Lipinski definition) is 5. The molecule has 0 atom stereocenters. The molecule has 5 nitrogen and oxygen atoms in total. The van der Waals surface area contributed by atoms with Crippen LogP contribution in [-0.4, -0.2) is 40.2 Å². The lowest BCUT2D eigenvalue weighted by atomic mass is 9.84. The van der Waals surface area contributed by atoms with Gasteiger partial charge in [-0.2, -0.15) is 11.8 Å². The Morgan fingerprint density at radius 2 is 2.21 bits per heavy atom. The third-order valence-corrected chi connectivity index (χ3v) is 4.94. The Labute approximate surface area is 118 Å². The first-order valence-electron chi connectivity index (χ1n) is 6.60. The maximum Gasteiger partial charge on any atom is 0.271 e. The van der Waals surface area contributed by atoms with Crippen molar-refractivity contribution in [1.29, 1.82) is 0 Å². The van der Waals surface area contributed by atoms with Gasteiger partial charge < -0.3 is 10.6 Å². The summed E-state index contributed by atoms with van der Waals surface area (Å²) >= 11 is 1.92. The number of nitrogens with zero attached hydrogens (tertiary/aromatic N) is 2. The van der Waals surface area contributed by atoms with Crippen LogP contribution in [0.4, 0.5) is 5.82 Å². The number of carbonyl (C=O) groups is 1. The molecule has 1 aromatic heterocycles. The Morgan fingerprint density at radius 3 is 2.68 bits per heavy atom. The summed E-state index contributed by atoms with van der Waals surface area (Å²) < 4.78 is 0.361. The van der Waals surface area contributed by atoms with Crippen molar-refractivity contribution in [3.05, 3.63) is 17.8 Å². The quantitative estimate of drug-likeness (QED) is 0.833. The van der Waals surface area contributed by atoms with Gasteiger partial charge in [-0.25, -0.2) is 0 Å². The Hall–Kier alpha value is -1.30. The average molecular weight is 280 g/mol. The van der Waals surface area contributed by atoms with Crippen molar-refractivity contribution in [2.45, 2.75) is 30.9 Å². The topological polar surface area (TPSA) is 66.9 Å². The second-order valence-electron chi connectivity index (χ2n) is 4.76. The molecule has 1 heterocycles. The summed E-state index contributed by atoms with van der Waals surface area (Å²) in [6.07, 6.45) is 5.98. The van der Waals surface area contributed by atoms with Gasteiger partial charge in [0, 0.05) is 17.8 Å². The van der Waals surface area contributed by atoms with Crippen LogP contribution in [0.15, 0.2) is 12.1 Å².